The number of rotatable bonds is 8. The number of amides is 3. The van der Waals surface area contributed by atoms with E-state index in [0.29, 0.717) is 24.8 Å². The minimum Gasteiger partial charge on any atom is -0.359 e. The van der Waals surface area contributed by atoms with Crippen molar-refractivity contribution in [1.82, 2.24) is 15.1 Å². The summed E-state index contributed by atoms with van der Waals surface area (Å²) in [5.74, 6) is -1.91. The van der Waals surface area contributed by atoms with E-state index in [2.05, 4.69) is 22.5 Å². The van der Waals surface area contributed by atoms with E-state index >= 15 is 0 Å². The Kier molecular flexibility index (Phi) is 7.98. The van der Waals surface area contributed by atoms with Crippen molar-refractivity contribution in [3.63, 3.8) is 0 Å². The molecular formula is C31H42N4O4S. The van der Waals surface area contributed by atoms with Crippen LogP contribution in [0.2, 0.25) is 0 Å². The summed E-state index contributed by atoms with van der Waals surface area (Å²) in [6.45, 7) is 4.42. The molecule has 4 heterocycles. The number of anilines is 1. The molecule has 1 aliphatic carbocycles. The smallest absolute Gasteiger partial charge is 0.246 e. The van der Waals surface area contributed by atoms with Crippen LogP contribution < -0.4 is 10.6 Å². The molecule has 9 heteroatoms. The summed E-state index contributed by atoms with van der Waals surface area (Å²) in [4.78, 5) is 47.2. The van der Waals surface area contributed by atoms with E-state index in [1.54, 1.807) is 16.7 Å². The third kappa shape index (κ3) is 4.98. The van der Waals surface area contributed by atoms with Crippen LogP contribution in [0.3, 0.4) is 0 Å². The van der Waals surface area contributed by atoms with Gasteiger partial charge in [0, 0.05) is 35.8 Å². The largest absolute Gasteiger partial charge is 0.359 e. The standard InChI is InChI=1S/C31H42N4O4S/c1-20-9-6-7-16-34(20)17-18-35-27(29(37)32-21-10-4-3-5-11-21)31-15-14-24(39-31)25(26(31)30(35)38)28(36)33-22-12-8-13-23(19-22)40-2/h8,12-15,19-21,24-27H,3-7,9-11,16-18H2,1-2H3,(H,32,37)(H,33,36)/t20-,24-,25+,26-,27+,31-/m0/s1. The van der Waals surface area contributed by atoms with Crippen molar-refractivity contribution in [2.45, 2.75) is 93.0 Å². The van der Waals surface area contributed by atoms with E-state index in [1.165, 1.54) is 12.8 Å². The predicted octanol–water partition coefficient (Wildman–Crippen LogP) is 3.82. The number of hydrogen-bond acceptors (Lipinski definition) is 6. The second-order valence-electron chi connectivity index (χ2n) is 12.2. The number of fused-ring (bicyclic) bond motifs is 1. The molecule has 3 amide bonds. The van der Waals surface area contributed by atoms with Gasteiger partial charge >= 0.3 is 0 Å². The summed E-state index contributed by atoms with van der Waals surface area (Å²) in [6.07, 6.45) is 14.2. The zero-order chi connectivity index (χ0) is 27.9. The molecule has 8 nitrogen and oxygen atoms in total. The van der Waals surface area contributed by atoms with Crippen LogP contribution in [-0.4, -0.2) is 83.2 Å². The zero-order valence-corrected chi connectivity index (χ0v) is 24.5. The maximum absolute atomic E-state index is 14.2. The zero-order valence-electron chi connectivity index (χ0n) is 23.6. The highest BCUT2D eigenvalue weighted by atomic mass is 32.2. The third-order valence-corrected chi connectivity index (χ3v) is 10.5. The maximum atomic E-state index is 14.2. The molecule has 0 aromatic heterocycles. The molecule has 1 aromatic rings. The second kappa shape index (κ2) is 11.5. The molecule has 6 rings (SSSR count). The van der Waals surface area contributed by atoms with Crippen molar-refractivity contribution < 1.29 is 19.1 Å². The van der Waals surface area contributed by atoms with Crippen LogP contribution in [0.5, 0.6) is 0 Å². The molecule has 40 heavy (non-hydrogen) atoms. The summed E-state index contributed by atoms with van der Waals surface area (Å²) in [5, 5.41) is 6.32. The van der Waals surface area contributed by atoms with Gasteiger partial charge in [-0.1, -0.05) is 43.9 Å². The summed E-state index contributed by atoms with van der Waals surface area (Å²) in [7, 11) is 0. The van der Waals surface area contributed by atoms with Gasteiger partial charge < -0.3 is 20.3 Å². The van der Waals surface area contributed by atoms with Crippen molar-refractivity contribution in [1.29, 1.82) is 0 Å². The SMILES string of the molecule is CSc1cccc(NC(=O)[C@@H]2[C@@H]3C=C[C@]4(O3)[C@@H]2C(=O)N(CCN2CCCC[C@@H]2C)[C@@H]4C(=O)NC2CCCCC2)c1. The number of thioether (sulfide) groups is 1. The summed E-state index contributed by atoms with van der Waals surface area (Å²) in [5.41, 5.74) is -0.414. The lowest BCUT2D eigenvalue weighted by Crippen LogP contribution is -2.57. The van der Waals surface area contributed by atoms with Gasteiger partial charge in [-0.2, -0.15) is 0 Å². The van der Waals surface area contributed by atoms with Gasteiger partial charge in [-0.3, -0.25) is 19.3 Å². The first-order valence-electron chi connectivity index (χ1n) is 15.1. The average molecular weight is 567 g/mol. The molecule has 0 unspecified atom stereocenters. The minimum absolute atomic E-state index is 0.126. The molecule has 1 spiro atoms. The number of carbonyl (C=O) groups is 3. The third-order valence-electron chi connectivity index (χ3n) is 9.78. The number of piperidine rings is 1. The number of ether oxygens (including phenoxy) is 1. The van der Waals surface area contributed by atoms with Crippen LogP contribution in [0.25, 0.3) is 0 Å². The molecule has 4 fully saturated rings. The van der Waals surface area contributed by atoms with Crippen LogP contribution in [0.1, 0.15) is 58.3 Å². The lowest BCUT2D eigenvalue weighted by Gasteiger charge is -2.37. The number of benzene rings is 1. The topological polar surface area (TPSA) is 91.0 Å². The van der Waals surface area contributed by atoms with Crippen LogP contribution >= 0.6 is 11.8 Å². The Labute approximate surface area is 241 Å². The van der Waals surface area contributed by atoms with Crippen molar-refractivity contribution >= 4 is 35.2 Å². The molecule has 2 bridgehead atoms. The molecule has 216 valence electrons. The summed E-state index contributed by atoms with van der Waals surface area (Å²) in [6, 6.07) is 7.52. The number of carbonyl (C=O) groups excluding carboxylic acids is 3. The predicted molar refractivity (Wildman–Crippen MR) is 156 cm³/mol. The lowest BCUT2D eigenvalue weighted by atomic mass is 9.74. The Bertz CT molecular complexity index is 1170. The Hall–Kier alpha value is -2.36. The van der Waals surface area contributed by atoms with Gasteiger partial charge in [0.25, 0.3) is 0 Å². The number of nitrogens with zero attached hydrogens (tertiary/aromatic N) is 2. The average Bonchev–Trinajstić information content (AvgIpc) is 3.60. The second-order valence-corrected chi connectivity index (χ2v) is 13.1. The number of likely N-dealkylation sites (tertiary alicyclic amines) is 2. The van der Waals surface area contributed by atoms with E-state index < -0.39 is 29.6 Å². The monoisotopic (exact) mass is 566 g/mol. The highest BCUT2D eigenvalue weighted by Gasteiger charge is 2.72. The maximum Gasteiger partial charge on any atom is 0.246 e. The Morgan fingerprint density at radius 3 is 2.65 bits per heavy atom. The first-order valence-corrected chi connectivity index (χ1v) is 16.3. The van der Waals surface area contributed by atoms with Crippen LogP contribution in [0.4, 0.5) is 5.69 Å². The summed E-state index contributed by atoms with van der Waals surface area (Å²) < 4.78 is 6.52. The van der Waals surface area contributed by atoms with Gasteiger partial charge in [0.05, 0.1) is 17.9 Å². The van der Waals surface area contributed by atoms with Gasteiger partial charge in [-0.25, -0.2) is 0 Å². The molecule has 4 aliphatic heterocycles. The minimum atomic E-state index is -1.11. The Morgan fingerprint density at radius 1 is 1.07 bits per heavy atom. The van der Waals surface area contributed by atoms with Crippen molar-refractivity contribution in [3.8, 4) is 0 Å². The molecule has 5 aliphatic rings. The van der Waals surface area contributed by atoms with E-state index in [4.69, 9.17) is 4.74 Å². The molecule has 3 saturated heterocycles. The van der Waals surface area contributed by atoms with Crippen LogP contribution in [0, 0.1) is 11.8 Å². The quantitative estimate of drug-likeness (QED) is 0.367. The van der Waals surface area contributed by atoms with Crippen LogP contribution in [0.15, 0.2) is 41.3 Å². The Morgan fingerprint density at radius 2 is 1.88 bits per heavy atom. The van der Waals surface area contributed by atoms with E-state index in [9.17, 15) is 14.4 Å². The molecule has 2 N–H and O–H groups in total. The molecular weight excluding hydrogens is 524 g/mol. The Balaban J connectivity index is 1.27. The highest BCUT2D eigenvalue weighted by molar-refractivity contribution is 7.98. The number of nitrogens with one attached hydrogen (secondary N) is 2. The molecule has 1 saturated carbocycles. The molecule has 6 atom stereocenters. The van der Waals surface area contributed by atoms with Gasteiger partial charge in [0.1, 0.15) is 11.6 Å². The molecule has 1 aromatic carbocycles. The normalized spacial score (nSPS) is 33.8. The van der Waals surface area contributed by atoms with Crippen LogP contribution in [-0.2, 0) is 19.1 Å². The lowest BCUT2D eigenvalue weighted by molar-refractivity contribution is -0.141. The van der Waals surface area contributed by atoms with Crippen molar-refractivity contribution in [2.24, 2.45) is 11.8 Å². The van der Waals surface area contributed by atoms with Gasteiger partial charge in [-0.05, 0) is 63.6 Å². The van der Waals surface area contributed by atoms with E-state index in [0.717, 1.165) is 50.0 Å². The summed E-state index contributed by atoms with van der Waals surface area (Å²) >= 11 is 1.61. The fourth-order valence-electron chi connectivity index (χ4n) is 7.69. The fourth-order valence-corrected chi connectivity index (χ4v) is 8.15. The van der Waals surface area contributed by atoms with E-state index in [1.807, 2.05) is 42.7 Å². The van der Waals surface area contributed by atoms with Gasteiger partial charge in [0.15, 0.2) is 0 Å². The van der Waals surface area contributed by atoms with Gasteiger partial charge in [0.2, 0.25) is 17.7 Å². The first-order chi connectivity index (χ1) is 19.4. The molecule has 0 radical (unpaired) electrons. The van der Waals surface area contributed by atoms with Crippen molar-refractivity contribution in [3.05, 3.63) is 36.4 Å². The number of hydrogen-bond donors (Lipinski definition) is 2. The van der Waals surface area contributed by atoms with E-state index in [-0.39, 0.29) is 23.8 Å². The van der Waals surface area contributed by atoms with Crippen molar-refractivity contribution in [2.75, 3.05) is 31.2 Å². The highest BCUT2D eigenvalue weighted by Crippen LogP contribution is 2.55. The fraction of sp³-hybridized carbons (Fsp3) is 0.645. The van der Waals surface area contributed by atoms with Gasteiger partial charge in [-0.15, -0.1) is 11.8 Å². The first kappa shape index (κ1) is 27.8.